The summed E-state index contributed by atoms with van der Waals surface area (Å²) >= 11 is 0. The summed E-state index contributed by atoms with van der Waals surface area (Å²) in [4.78, 5) is 23.9. The van der Waals surface area contributed by atoms with Crippen LogP contribution in [0.3, 0.4) is 0 Å². The lowest BCUT2D eigenvalue weighted by Crippen LogP contribution is -2.34. The van der Waals surface area contributed by atoms with Crippen LogP contribution in [0, 0.1) is 6.92 Å². The van der Waals surface area contributed by atoms with Crippen LogP contribution in [0.2, 0.25) is 0 Å². The molecule has 0 fully saturated rings. The molecule has 0 spiro atoms. The average Bonchev–Trinajstić information content (AvgIpc) is 3.15. The smallest absolute Gasteiger partial charge is 0.328 e. The van der Waals surface area contributed by atoms with Gasteiger partial charge in [0.25, 0.3) is 5.91 Å². The highest BCUT2D eigenvalue weighted by atomic mass is 16.4. The summed E-state index contributed by atoms with van der Waals surface area (Å²) in [6.45, 7) is 1.76. The van der Waals surface area contributed by atoms with Gasteiger partial charge in [-0.1, -0.05) is 18.2 Å². The number of nitrogens with one attached hydrogen (secondary N) is 1. The molecule has 2 N–H and O–H groups in total. The molecule has 1 atom stereocenters. The summed E-state index contributed by atoms with van der Waals surface area (Å²) in [6.07, 6.45) is 0.00684. The van der Waals surface area contributed by atoms with Gasteiger partial charge in [-0.05, 0) is 19.1 Å². The number of benzene rings is 1. The summed E-state index contributed by atoms with van der Waals surface area (Å²) < 4.78 is 1.62. The topological polar surface area (TPSA) is 113 Å². The van der Waals surface area contributed by atoms with Gasteiger partial charge in [0.1, 0.15) is 11.5 Å². The lowest BCUT2D eigenvalue weighted by atomic mass is 10.1. The second kappa shape index (κ2) is 6.11. The first-order valence-electron chi connectivity index (χ1n) is 7.29. The molecule has 1 unspecified atom stereocenters. The van der Waals surface area contributed by atoms with Gasteiger partial charge in [0.05, 0.1) is 5.69 Å². The lowest BCUT2D eigenvalue weighted by molar-refractivity contribution is -0.138. The maximum absolute atomic E-state index is 12.4. The first-order valence-corrected chi connectivity index (χ1v) is 7.29. The number of carbonyl (C=O) groups excluding carboxylic acids is 1. The Bertz CT molecular complexity index is 814. The van der Waals surface area contributed by atoms with Gasteiger partial charge in [0, 0.05) is 13.5 Å². The van der Waals surface area contributed by atoms with Crippen molar-refractivity contribution in [2.75, 3.05) is 10.3 Å². The van der Waals surface area contributed by atoms with E-state index in [-0.39, 0.29) is 18.1 Å². The molecule has 124 valence electrons. The first kappa shape index (κ1) is 15.7. The number of hydrazone groups is 1. The molecule has 0 aliphatic carbocycles. The highest BCUT2D eigenvalue weighted by Crippen LogP contribution is 2.25. The Labute approximate surface area is 137 Å². The van der Waals surface area contributed by atoms with Crippen molar-refractivity contribution in [1.29, 1.82) is 0 Å². The van der Waals surface area contributed by atoms with E-state index in [0.29, 0.717) is 11.5 Å². The van der Waals surface area contributed by atoms with E-state index in [1.807, 2.05) is 6.07 Å². The Morgan fingerprint density at radius 3 is 2.54 bits per heavy atom. The third kappa shape index (κ3) is 2.83. The second-order valence-corrected chi connectivity index (χ2v) is 5.37. The van der Waals surface area contributed by atoms with Crippen LogP contribution >= 0.6 is 0 Å². The molecule has 1 aromatic heterocycles. The first-order chi connectivity index (χ1) is 11.5. The van der Waals surface area contributed by atoms with Crippen molar-refractivity contribution in [2.45, 2.75) is 19.4 Å². The Hall–Kier alpha value is -3.23. The fraction of sp³-hybridized carbons (Fsp3) is 0.267. The Kier molecular flexibility index (Phi) is 3.98. The normalized spacial score (nSPS) is 16.8. The van der Waals surface area contributed by atoms with Crippen LogP contribution in [0.15, 0.2) is 35.4 Å². The molecular formula is C15H16N6O3. The molecule has 1 aliphatic rings. The highest BCUT2D eigenvalue weighted by molar-refractivity contribution is 6.44. The fourth-order valence-corrected chi connectivity index (χ4v) is 2.35. The molecule has 0 bridgehead atoms. The van der Waals surface area contributed by atoms with Crippen LogP contribution in [-0.4, -0.2) is 43.5 Å². The van der Waals surface area contributed by atoms with Gasteiger partial charge < -0.3 is 9.67 Å². The summed E-state index contributed by atoms with van der Waals surface area (Å²) in [5.41, 5.74) is 0.745. The Morgan fingerprint density at radius 1 is 1.25 bits per heavy atom. The van der Waals surface area contributed by atoms with E-state index in [4.69, 9.17) is 0 Å². The van der Waals surface area contributed by atoms with E-state index < -0.39 is 17.9 Å². The van der Waals surface area contributed by atoms with Crippen LogP contribution in [-0.2, 0) is 16.6 Å². The Morgan fingerprint density at radius 2 is 1.96 bits per heavy atom. The minimum atomic E-state index is -1.04. The predicted molar refractivity (Wildman–Crippen MR) is 86.8 cm³/mol. The van der Waals surface area contributed by atoms with E-state index in [2.05, 4.69) is 20.6 Å². The standard InChI is InChI=1S/C15H16N6O3/c1-9-17-18-15(20(9)2)16-13(22)11-8-12(14(23)24)21(19-11)10-6-4-3-5-7-10/h3-7,12H,8H2,1-2H3,(H,23,24)(H,16,18,22). The van der Waals surface area contributed by atoms with Crippen LogP contribution in [0.25, 0.3) is 0 Å². The zero-order valence-electron chi connectivity index (χ0n) is 13.2. The van der Waals surface area contributed by atoms with E-state index in [1.54, 1.807) is 42.8 Å². The van der Waals surface area contributed by atoms with Crippen LogP contribution in [0.5, 0.6) is 0 Å². The molecule has 1 aliphatic heterocycles. The number of nitrogens with zero attached hydrogens (tertiary/aromatic N) is 5. The van der Waals surface area contributed by atoms with Crippen molar-refractivity contribution in [3.8, 4) is 0 Å². The van der Waals surface area contributed by atoms with Crippen molar-refractivity contribution < 1.29 is 14.7 Å². The van der Waals surface area contributed by atoms with Crippen molar-refractivity contribution in [2.24, 2.45) is 12.1 Å². The summed E-state index contributed by atoms with van der Waals surface area (Å²) in [5, 5.41) is 25.3. The largest absolute Gasteiger partial charge is 0.480 e. The summed E-state index contributed by atoms with van der Waals surface area (Å²) in [5.74, 6) is -0.603. The van der Waals surface area contributed by atoms with Gasteiger partial charge >= 0.3 is 5.97 Å². The number of aryl methyl sites for hydroxylation is 1. The zero-order valence-corrected chi connectivity index (χ0v) is 13.2. The number of carbonyl (C=O) groups is 2. The minimum absolute atomic E-state index is 0.00684. The van der Waals surface area contributed by atoms with Gasteiger partial charge in [0.2, 0.25) is 5.95 Å². The molecule has 2 heterocycles. The van der Waals surface area contributed by atoms with Crippen LogP contribution in [0.1, 0.15) is 12.2 Å². The molecule has 9 heteroatoms. The Balaban J connectivity index is 1.84. The van der Waals surface area contributed by atoms with E-state index in [1.165, 1.54) is 5.01 Å². The highest BCUT2D eigenvalue weighted by Gasteiger charge is 2.36. The van der Waals surface area contributed by atoms with Gasteiger partial charge in [0.15, 0.2) is 6.04 Å². The molecule has 1 amide bonds. The van der Waals surface area contributed by atoms with Gasteiger partial charge in [-0.25, -0.2) is 4.79 Å². The SMILES string of the molecule is Cc1nnc(NC(=O)C2=NN(c3ccccc3)C(C(=O)O)C2)n1C. The molecule has 0 radical (unpaired) electrons. The average molecular weight is 328 g/mol. The minimum Gasteiger partial charge on any atom is -0.480 e. The monoisotopic (exact) mass is 328 g/mol. The number of carboxylic acids is 1. The number of hydrogen-bond acceptors (Lipinski definition) is 6. The summed E-state index contributed by atoms with van der Waals surface area (Å²) in [7, 11) is 1.72. The van der Waals surface area contributed by atoms with Gasteiger partial charge in [-0.15, -0.1) is 10.2 Å². The maximum Gasteiger partial charge on any atom is 0.328 e. The number of hydrogen-bond donors (Lipinski definition) is 2. The quantitative estimate of drug-likeness (QED) is 0.857. The number of anilines is 2. The van der Waals surface area contributed by atoms with Gasteiger partial charge in [-0.2, -0.15) is 5.10 Å². The number of para-hydroxylation sites is 1. The number of aliphatic carboxylic acids is 1. The maximum atomic E-state index is 12.4. The zero-order chi connectivity index (χ0) is 17.3. The van der Waals surface area contributed by atoms with Crippen LogP contribution < -0.4 is 10.3 Å². The number of carboxylic acid groups (broad SMARTS) is 1. The van der Waals surface area contributed by atoms with E-state index in [9.17, 15) is 14.7 Å². The van der Waals surface area contributed by atoms with Gasteiger partial charge in [-0.3, -0.25) is 15.1 Å². The second-order valence-electron chi connectivity index (χ2n) is 5.37. The lowest BCUT2D eigenvalue weighted by Gasteiger charge is -2.19. The van der Waals surface area contributed by atoms with Crippen molar-refractivity contribution >= 4 is 29.2 Å². The van der Waals surface area contributed by atoms with Crippen molar-refractivity contribution in [1.82, 2.24) is 14.8 Å². The number of aromatic nitrogens is 3. The molecule has 1 aromatic carbocycles. The number of rotatable bonds is 4. The van der Waals surface area contributed by atoms with Crippen LogP contribution in [0.4, 0.5) is 11.6 Å². The molecule has 0 saturated heterocycles. The predicted octanol–water partition coefficient (Wildman–Crippen LogP) is 0.782. The number of amides is 1. The van der Waals surface area contributed by atoms with E-state index >= 15 is 0 Å². The van der Waals surface area contributed by atoms with E-state index in [0.717, 1.165) is 0 Å². The molecular weight excluding hydrogens is 312 g/mol. The van der Waals surface area contributed by atoms with Crippen molar-refractivity contribution in [3.63, 3.8) is 0 Å². The molecule has 2 aromatic rings. The third-order valence-electron chi connectivity index (χ3n) is 3.80. The third-order valence-corrected chi connectivity index (χ3v) is 3.80. The molecule has 24 heavy (non-hydrogen) atoms. The van der Waals surface area contributed by atoms with Crippen molar-refractivity contribution in [3.05, 3.63) is 36.2 Å². The fourth-order valence-electron chi connectivity index (χ4n) is 2.35. The summed E-state index contributed by atoms with van der Waals surface area (Å²) in [6, 6.07) is 7.95. The molecule has 9 nitrogen and oxygen atoms in total. The molecule has 3 rings (SSSR count). The molecule has 0 saturated carbocycles.